The average Bonchev–Trinajstić information content (AvgIpc) is 2.83. The lowest BCUT2D eigenvalue weighted by Gasteiger charge is -2.45. The molecule has 3 aliphatic carbocycles. The molecule has 5 atom stereocenters. The standard InChI is InChI=1S/C32H52/c1-3-5-7-8-10-12-26-14-16-30-24-32(20-18-28(30)22-26)31-19-17-27-21-25(11-9-6-4-2)13-15-29(27)23-31/h13,15,21,26,28,30-32H,3-12,14,16-20,22-24H2,1-2H3. The van der Waals surface area contributed by atoms with Gasteiger partial charge in [-0.25, -0.2) is 0 Å². The summed E-state index contributed by atoms with van der Waals surface area (Å²) in [4.78, 5) is 0. The Morgan fingerprint density at radius 1 is 0.656 bits per heavy atom. The van der Waals surface area contributed by atoms with Crippen molar-refractivity contribution in [2.24, 2.45) is 29.6 Å². The number of hydrogen-bond donors (Lipinski definition) is 0. The highest BCUT2D eigenvalue weighted by atomic mass is 14.4. The number of benzene rings is 1. The van der Waals surface area contributed by atoms with Gasteiger partial charge in [0.1, 0.15) is 0 Å². The number of aryl methyl sites for hydroxylation is 2. The van der Waals surface area contributed by atoms with Crippen LogP contribution < -0.4 is 0 Å². The van der Waals surface area contributed by atoms with Crippen LogP contribution in [0.1, 0.15) is 133 Å². The van der Waals surface area contributed by atoms with E-state index in [1.165, 1.54) is 83.5 Å². The zero-order valence-corrected chi connectivity index (χ0v) is 21.6. The third-order valence-corrected chi connectivity index (χ3v) is 9.75. The normalized spacial score (nSPS) is 30.0. The smallest absolute Gasteiger partial charge is 0.0245 e. The lowest BCUT2D eigenvalue weighted by molar-refractivity contribution is 0.0690. The van der Waals surface area contributed by atoms with Gasteiger partial charge in [-0.2, -0.15) is 0 Å². The number of rotatable bonds is 11. The van der Waals surface area contributed by atoms with E-state index in [0.717, 1.165) is 29.6 Å². The number of hydrogen-bond acceptors (Lipinski definition) is 0. The first-order valence-corrected chi connectivity index (χ1v) is 14.9. The highest BCUT2D eigenvalue weighted by Crippen LogP contribution is 2.49. The van der Waals surface area contributed by atoms with E-state index in [2.05, 4.69) is 32.0 Å². The fourth-order valence-corrected chi connectivity index (χ4v) is 7.72. The zero-order chi connectivity index (χ0) is 22.2. The molecule has 0 aliphatic heterocycles. The molecule has 0 spiro atoms. The quantitative estimate of drug-likeness (QED) is 0.303. The summed E-state index contributed by atoms with van der Waals surface area (Å²) < 4.78 is 0. The summed E-state index contributed by atoms with van der Waals surface area (Å²) in [6.07, 6.45) is 27.8. The summed E-state index contributed by atoms with van der Waals surface area (Å²) >= 11 is 0. The van der Waals surface area contributed by atoms with Crippen molar-refractivity contribution < 1.29 is 0 Å². The molecule has 0 bridgehead atoms. The van der Waals surface area contributed by atoms with Crippen molar-refractivity contribution in [2.75, 3.05) is 0 Å². The van der Waals surface area contributed by atoms with Gasteiger partial charge >= 0.3 is 0 Å². The molecule has 0 radical (unpaired) electrons. The van der Waals surface area contributed by atoms with E-state index in [1.807, 2.05) is 0 Å². The second-order valence-corrected chi connectivity index (χ2v) is 12.0. The summed E-state index contributed by atoms with van der Waals surface area (Å²) in [5.74, 6) is 5.24. The molecule has 0 N–H and O–H groups in total. The van der Waals surface area contributed by atoms with Gasteiger partial charge < -0.3 is 0 Å². The molecule has 4 rings (SSSR count). The van der Waals surface area contributed by atoms with Crippen LogP contribution in [0.25, 0.3) is 0 Å². The molecule has 180 valence electrons. The summed E-state index contributed by atoms with van der Waals surface area (Å²) in [6.45, 7) is 4.64. The second-order valence-electron chi connectivity index (χ2n) is 12.0. The molecule has 0 saturated heterocycles. The van der Waals surface area contributed by atoms with Crippen molar-refractivity contribution in [1.82, 2.24) is 0 Å². The maximum atomic E-state index is 2.57. The Bertz CT molecular complexity index is 673. The van der Waals surface area contributed by atoms with Crippen molar-refractivity contribution in [1.29, 1.82) is 0 Å². The molecule has 2 fully saturated rings. The van der Waals surface area contributed by atoms with Gasteiger partial charge in [0.15, 0.2) is 0 Å². The monoisotopic (exact) mass is 436 g/mol. The summed E-state index contributed by atoms with van der Waals surface area (Å²) in [5.41, 5.74) is 5.00. The molecule has 32 heavy (non-hydrogen) atoms. The molecular formula is C32H52. The van der Waals surface area contributed by atoms with E-state index in [1.54, 1.807) is 55.2 Å². The highest BCUT2D eigenvalue weighted by molar-refractivity contribution is 5.34. The van der Waals surface area contributed by atoms with Crippen LogP contribution in [0.2, 0.25) is 0 Å². The van der Waals surface area contributed by atoms with E-state index in [4.69, 9.17) is 0 Å². The minimum absolute atomic E-state index is 0.977. The Morgan fingerprint density at radius 3 is 2.22 bits per heavy atom. The Hall–Kier alpha value is -0.780. The van der Waals surface area contributed by atoms with E-state index in [0.29, 0.717) is 0 Å². The first-order valence-electron chi connectivity index (χ1n) is 14.9. The SMILES string of the molecule is CCCCCCCC1CCC2CC(C3CCc4cc(CCCCC)ccc4C3)CCC2C1. The summed E-state index contributed by atoms with van der Waals surface area (Å²) in [5, 5.41) is 0. The molecular weight excluding hydrogens is 384 g/mol. The van der Waals surface area contributed by atoms with Crippen molar-refractivity contribution >= 4 is 0 Å². The molecule has 2 saturated carbocycles. The van der Waals surface area contributed by atoms with Gasteiger partial charge in [0.05, 0.1) is 0 Å². The number of fused-ring (bicyclic) bond motifs is 2. The third-order valence-electron chi connectivity index (χ3n) is 9.75. The average molecular weight is 437 g/mol. The summed E-state index contributed by atoms with van der Waals surface area (Å²) in [7, 11) is 0. The van der Waals surface area contributed by atoms with Crippen LogP contribution in [0.3, 0.4) is 0 Å². The fraction of sp³-hybridized carbons (Fsp3) is 0.812. The highest BCUT2D eigenvalue weighted by Gasteiger charge is 2.38. The topological polar surface area (TPSA) is 0 Å². The minimum atomic E-state index is 0.977. The molecule has 0 heteroatoms. The van der Waals surface area contributed by atoms with E-state index < -0.39 is 0 Å². The van der Waals surface area contributed by atoms with Crippen molar-refractivity contribution in [2.45, 2.75) is 136 Å². The maximum absolute atomic E-state index is 2.57. The van der Waals surface area contributed by atoms with Gasteiger partial charge in [-0.15, -0.1) is 0 Å². The molecule has 0 heterocycles. The van der Waals surface area contributed by atoms with E-state index >= 15 is 0 Å². The Labute approximate surface area is 200 Å². The first kappa shape index (κ1) is 24.3. The van der Waals surface area contributed by atoms with Crippen LogP contribution >= 0.6 is 0 Å². The third kappa shape index (κ3) is 6.64. The summed E-state index contributed by atoms with van der Waals surface area (Å²) in [6, 6.07) is 7.54. The lowest BCUT2D eigenvalue weighted by atomic mass is 9.61. The van der Waals surface area contributed by atoms with Crippen molar-refractivity contribution in [3.8, 4) is 0 Å². The van der Waals surface area contributed by atoms with Gasteiger partial charge in [0.2, 0.25) is 0 Å². The van der Waals surface area contributed by atoms with Crippen LogP contribution in [0.5, 0.6) is 0 Å². The molecule has 1 aromatic carbocycles. The largest absolute Gasteiger partial charge is 0.0654 e. The fourth-order valence-electron chi connectivity index (χ4n) is 7.72. The maximum Gasteiger partial charge on any atom is -0.0245 e. The predicted octanol–water partition coefficient (Wildman–Crippen LogP) is 9.72. The molecule has 0 amide bonds. The van der Waals surface area contributed by atoms with Crippen LogP contribution in [-0.2, 0) is 19.3 Å². The zero-order valence-electron chi connectivity index (χ0n) is 21.6. The van der Waals surface area contributed by atoms with Crippen molar-refractivity contribution in [3.05, 3.63) is 34.9 Å². The Balaban J connectivity index is 1.22. The molecule has 3 aliphatic rings. The molecule has 5 unspecified atom stereocenters. The van der Waals surface area contributed by atoms with Gasteiger partial charge in [-0.05, 0) is 110 Å². The van der Waals surface area contributed by atoms with Gasteiger partial charge in [0, 0.05) is 0 Å². The van der Waals surface area contributed by atoms with Gasteiger partial charge in [-0.3, -0.25) is 0 Å². The molecule has 1 aromatic rings. The van der Waals surface area contributed by atoms with Gasteiger partial charge in [-0.1, -0.05) is 89.8 Å². The van der Waals surface area contributed by atoms with Crippen LogP contribution in [0, 0.1) is 29.6 Å². The lowest BCUT2D eigenvalue weighted by Crippen LogP contribution is -2.35. The number of unbranched alkanes of at least 4 members (excludes halogenated alkanes) is 6. The van der Waals surface area contributed by atoms with Gasteiger partial charge in [0.25, 0.3) is 0 Å². The predicted molar refractivity (Wildman–Crippen MR) is 140 cm³/mol. The second kappa shape index (κ2) is 12.6. The molecule has 0 aromatic heterocycles. The minimum Gasteiger partial charge on any atom is -0.0654 e. The Kier molecular flexibility index (Phi) is 9.60. The molecule has 0 nitrogen and oxygen atoms in total. The van der Waals surface area contributed by atoms with Crippen molar-refractivity contribution in [3.63, 3.8) is 0 Å². The van der Waals surface area contributed by atoms with Crippen LogP contribution in [-0.4, -0.2) is 0 Å². The van der Waals surface area contributed by atoms with Crippen LogP contribution in [0.15, 0.2) is 18.2 Å². The van der Waals surface area contributed by atoms with E-state index in [-0.39, 0.29) is 0 Å². The first-order chi connectivity index (χ1) is 15.8. The Morgan fingerprint density at radius 2 is 1.38 bits per heavy atom. The van der Waals surface area contributed by atoms with E-state index in [9.17, 15) is 0 Å². The van der Waals surface area contributed by atoms with Crippen LogP contribution in [0.4, 0.5) is 0 Å².